The van der Waals surface area contributed by atoms with E-state index in [2.05, 4.69) is 25.3 Å². The van der Waals surface area contributed by atoms with Crippen molar-refractivity contribution < 1.29 is 22.9 Å². The number of alkyl halides is 3. The second-order valence-corrected chi connectivity index (χ2v) is 10.8. The van der Waals surface area contributed by atoms with Crippen LogP contribution in [0.3, 0.4) is 0 Å². The second kappa shape index (κ2) is 13.3. The van der Waals surface area contributed by atoms with Crippen molar-refractivity contribution in [2.45, 2.75) is 13.1 Å². The van der Waals surface area contributed by atoms with E-state index >= 15 is 0 Å². The standard InChI is InChI=1S/C22H18ClF3N6O.C8H11N3O2/c1-11-13(5-7-18(28-11)22(24,25)26)21(33)29-12-4-6-15(23)14(8-12)20-30-16-9-19(32(2)3)27-10-17(16)31-20;1-10(2)6-3-4-8(11(12)13)7(9)5-6/h4-10H,1-3H3,(H,29,33)(H,30,31);3-5H,9H2,1-2H3. The third kappa shape index (κ3) is 7.61. The summed E-state index contributed by atoms with van der Waals surface area (Å²) in [5, 5.41) is 13.5. The molecule has 4 N–H and O–H groups in total. The lowest BCUT2D eigenvalue weighted by atomic mass is 10.1. The van der Waals surface area contributed by atoms with Gasteiger partial charge in [-0.2, -0.15) is 13.2 Å². The van der Waals surface area contributed by atoms with E-state index in [0.717, 1.165) is 23.6 Å². The number of H-pyrrole nitrogens is 1. The minimum Gasteiger partial charge on any atom is -0.393 e. The summed E-state index contributed by atoms with van der Waals surface area (Å²) in [4.78, 5) is 41.9. The molecule has 240 valence electrons. The quantitative estimate of drug-likeness (QED) is 0.105. The minimum atomic E-state index is -4.58. The van der Waals surface area contributed by atoms with Crippen molar-refractivity contribution in [1.29, 1.82) is 0 Å². The number of aryl methyl sites for hydroxylation is 1. The van der Waals surface area contributed by atoms with Crippen LogP contribution < -0.4 is 20.9 Å². The number of imidazole rings is 1. The van der Waals surface area contributed by atoms with Crippen LogP contribution in [0.4, 0.5) is 41.7 Å². The van der Waals surface area contributed by atoms with Gasteiger partial charge in [-0.05, 0) is 49.4 Å². The van der Waals surface area contributed by atoms with E-state index in [4.69, 9.17) is 17.3 Å². The zero-order valence-corrected chi connectivity index (χ0v) is 26.0. The largest absolute Gasteiger partial charge is 0.433 e. The number of nitrogen functional groups attached to an aromatic ring is 1. The van der Waals surface area contributed by atoms with Gasteiger partial charge in [0.2, 0.25) is 0 Å². The van der Waals surface area contributed by atoms with Gasteiger partial charge < -0.3 is 25.8 Å². The topological polar surface area (TPSA) is 159 Å². The first-order valence-electron chi connectivity index (χ1n) is 13.5. The maximum Gasteiger partial charge on any atom is 0.433 e. The summed E-state index contributed by atoms with van der Waals surface area (Å²) < 4.78 is 38.5. The summed E-state index contributed by atoms with van der Waals surface area (Å²) >= 11 is 6.37. The first-order chi connectivity index (χ1) is 21.5. The highest BCUT2D eigenvalue weighted by Crippen LogP contribution is 2.32. The average molecular weight is 656 g/mol. The number of nitro groups is 1. The minimum absolute atomic E-state index is 0.0296. The number of aromatic amines is 1. The fourth-order valence-corrected chi connectivity index (χ4v) is 4.41. The number of hydrogen-bond acceptors (Lipinski definition) is 9. The Morgan fingerprint density at radius 3 is 2.33 bits per heavy atom. The van der Waals surface area contributed by atoms with Gasteiger partial charge in [0.15, 0.2) is 0 Å². The van der Waals surface area contributed by atoms with Gasteiger partial charge in [-0.3, -0.25) is 14.9 Å². The Balaban J connectivity index is 0.000000310. The van der Waals surface area contributed by atoms with E-state index in [1.807, 2.05) is 44.1 Å². The van der Waals surface area contributed by atoms with Gasteiger partial charge in [0.05, 0.1) is 38.4 Å². The summed E-state index contributed by atoms with van der Waals surface area (Å²) in [6, 6.07) is 13.2. The highest BCUT2D eigenvalue weighted by molar-refractivity contribution is 6.33. The number of pyridine rings is 2. The molecule has 46 heavy (non-hydrogen) atoms. The molecule has 12 nitrogen and oxygen atoms in total. The zero-order chi connectivity index (χ0) is 33.9. The molecule has 0 aliphatic rings. The predicted molar refractivity (Wildman–Crippen MR) is 172 cm³/mol. The molecule has 16 heteroatoms. The van der Waals surface area contributed by atoms with Crippen molar-refractivity contribution in [3.8, 4) is 11.4 Å². The van der Waals surface area contributed by atoms with E-state index in [9.17, 15) is 28.1 Å². The molecule has 0 radical (unpaired) electrons. The molecule has 0 atom stereocenters. The number of carbonyl (C=O) groups excluding carboxylic acids is 1. The van der Waals surface area contributed by atoms with Gasteiger partial charge >= 0.3 is 6.18 Å². The van der Waals surface area contributed by atoms with Crippen LogP contribution in [-0.2, 0) is 6.18 Å². The third-order valence-corrected chi connectivity index (χ3v) is 6.97. The van der Waals surface area contributed by atoms with Gasteiger partial charge in [0, 0.05) is 57.3 Å². The van der Waals surface area contributed by atoms with Crippen molar-refractivity contribution in [1.82, 2.24) is 19.9 Å². The number of carbonyl (C=O) groups is 1. The number of rotatable bonds is 6. The number of nitrogens with one attached hydrogen (secondary N) is 2. The molecule has 0 saturated carbocycles. The van der Waals surface area contributed by atoms with E-state index in [1.165, 1.54) is 13.0 Å². The summed E-state index contributed by atoms with van der Waals surface area (Å²) in [6.45, 7) is 1.35. The maximum atomic E-state index is 12.8. The molecular formula is C30H29ClF3N9O3. The Kier molecular flexibility index (Phi) is 9.66. The Morgan fingerprint density at radius 2 is 1.74 bits per heavy atom. The average Bonchev–Trinajstić information content (AvgIpc) is 3.41. The van der Waals surface area contributed by atoms with E-state index in [1.54, 1.807) is 36.5 Å². The number of nitro benzene ring substituents is 1. The number of fused-ring (bicyclic) bond motifs is 1. The monoisotopic (exact) mass is 655 g/mol. The van der Waals surface area contributed by atoms with Crippen molar-refractivity contribution >= 4 is 57.1 Å². The summed E-state index contributed by atoms with van der Waals surface area (Å²) in [7, 11) is 7.44. The van der Waals surface area contributed by atoms with Crippen LogP contribution >= 0.6 is 11.6 Å². The molecule has 5 rings (SSSR count). The van der Waals surface area contributed by atoms with Crippen molar-refractivity contribution in [2.75, 3.05) is 49.0 Å². The number of benzene rings is 2. The van der Waals surface area contributed by atoms with Crippen LogP contribution in [0.5, 0.6) is 0 Å². The molecule has 2 aromatic carbocycles. The number of nitrogens with zero attached hydrogens (tertiary/aromatic N) is 6. The molecule has 0 saturated heterocycles. The Hall–Kier alpha value is -5.44. The van der Waals surface area contributed by atoms with Crippen LogP contribution in [0.1, 0.15) is 21.7 Å². The summed E-state index contributed by atoms with van der Waals surface area (Å²) in [5.41, 5.74) is 7.78. The smallest absolute Gasteiger partial charge is 0.393 e. The molecule has 3 aromatic heterocycles. The lowest BCUT2D eigenvalue weighted by Crippen LogP contribution is -2.16. The first kappa shape index (κ1) is 33.5. The number of anilines is 4. The van der Waals surface area contributed by atoms with Gasteiger partial charge in [-0.25, -0.2) is 15.0 Å². The lowest BCUT2D eigenvalue weighted by molar-refractivity contribution is -0.383. The van der Waals surface area contributed by atoms with Gasteiger partial charge in [0.25, 0.3) is 11.6 Å². The van der Waals surface area contributed by atoms with Gasteiger partial charge in [-0.15, -0.1) is 0 Å². The van der Waals surface area contributed by atoms with Gasteiger partial charge in [0.1, 0.15) is 23.0 Å². The molecule has 0 unspecified atom stereocenters. The summed E-state index contributed by atoms with van der Waals surface area (Å²) in [5.74, 6) is 0.635. The second-order valence-electron chi connectivity index (χ2n) is 10.4. The normalized spacial score (nSPS) is 11.1. The molecule has 0 bridgehead atoms. The van der Waals surface area contributed by atoms with E-state index in [0.29, 0.717) is 33.1 Å². The predicted octanol–water partition coefficient (Wildman–Crippen LogP) is 6.56. The molecule has 1 amide bonds. The highest BCUT2D eigenvalue weighted by Gasteiger charge is 2.33. The van der Waals surface area contributed by atoms with Crippen molar-refractivity contribution in [2.24, 2.45) is 0 Å². The number of aromatic nitrogens is 4. The van der Waals surface area contributed by atoms with Crippen LogP contribution in [0, 0.1) is 17.0 Å². The Bertz CT molecular complexity index is 1930. The van der Waals surface area contributed by atoms with Crippen molar-refractivity contribution in [3.63, 3.8) is 0 Å². The molecule has 0 spiro atoms. The molecule has 0 aliphatic heterocycles. The Labute approximate surface area is 266 Å². The zero-order valence-electron chi connectivity index (χ0n) is 25.3. The van der Waals surface area contributed by atoms with Crippen LogP contribution in [-0.4, -0.2) is 59.0 Å². The highest BCUT2D eigenvalue weighted by atomic mass is 35.5. The lowest BCUT2D eigenvalue weighted by Gasteiger charge is -2.12. The van der Waals surface area contributed by atoms with E-state index in [-0.39, 0.29) is 22.6 Å². The molecule has 0 fully saturated rings. The van der Waals surface area contributed by atoms with Crippen LogP contribution in [0.25, 0.3) is 22.4 Å². The molecular weight excluding hydrogens is 627 g/mol. The first-order valence-corrected chi connectivity index (χ1v) is 13.8. The number of amides is 1. The molecule has 0 aliphatic carbocycles. The van der Waals surface area contributed by atoms with Crippen LogP contribution in [0.15, 0.2) is 60.8 Å². The SMILES string of the molecule is CN(C)c1ccc([N+](=O)[O-])c(N)c1.Cc1nc(C(F)(F)F)ccc1C(=O)Nc1ccc(Cl)c(-c2nc3cc(N(C)C)ncc3[nH]2)c1. The summed E-state index contributed by atoms with van der Waals surface area (Å²) in [6.07, 6.45) is -2.92. The molecule has 3 heterocycles. The maximum absolute atomic E-state index is 12.8. The van der Waals surface area contributed by atoms with Gasteiger partial charge in [-0.1, -0.05) is 11.6 Å². The van der Waals surface area contributed by atoms with Crippen molar-refractivity contribution in [3.05, 3.63) is 92.9 Å². The van der Waals surface area contributed by atoms with Crippen LogP contribution in [0.2, 0.25) is 5.02 Å². The molecule has 5 aromatic rings. The number of halogens is 4. The number of nitrogens with two attached hydrogens (primary N) is 1. The fourth-order valence-electron chi connectivity index (χ4n) is 4.20. The Morgan fingerprint density at radius 1 is 1.02 bits per heavy atom. The number of hydrogen-bond donors (Lipinski definition) is 3. The fraction of sp³-hybridized carbons (Fsp3) is 0.200. The van der Waals surface area contributed by atoms with E-state index < -0.39 is 22.7 Å². The third-order valence-electron chi connectivity index (χ3n) is 6.64.